The molecule has 0 heterocycles. The SMILES string of the molecule is C=C(C)NC(=C)I. The summed E-state index contributed by atoms with van der Waals surface area (Å²) in [5.41, 5.74) is 0.930. The Morgan fingerprint density at radius 1 is 1.57 bits per heavy atom. The highest BCUT2D eigenvalue weighted by Gasteiger charge is 1.79. The van der Waals surface area contributed by atoms with Gasteiger partial charge < -0.3 is 5.32 Å². The molecule has 40 valence electrons. The first-order valence-electron chi connectivity index (χ1n) is 1.90. The first-order valence-corrected chi connectivity index (χ1v) is 2.97. The molecule has 0 aliphatic rings. The maximum Gasteiger partial charge on any atom is 0.0700 e. The average Bonchev–Trinajstić information content (AvgIpc) is 1.27. The van der Waals surface area contributed by atoms with Crippen molar-refractivity contribution in [2.45, 2.75) is 6.92 Å². The fourth-order valence-electron chi connectivity index (χ4n) is 0.232. The Balaban J connectivity index is 3.32. The van der Waals surface area contributed by atoms with Gasteiger partial charge >= 0.3 is 0 Å². The van der Waals surface area contributed by atoms with Crippen molar-refractivity contribution in [1.29, 1.82) is 0 Å². The van der Waals surface area contributed by atoms with E-state index in [0.29, 0.717) is 0 Å². The van der Waals surface area contributed by atoms with E-state index >= 15 is 0 Å². The maximum atomic E-state index is 3.62. The van der Waals surface area contributed by atoms with Gasteiger partial charge in [0, 0.05) is 5.70 Å². The fraction of sp³-hybridized carbons (Fsp3) is 0.200. The van der Waals surface area contributed by atoms with E-state index in [1.807, 2.05) is 6.92 Å². The van der Waals surface area contributed by atoms with Crippen LogP contribution >= 0.6 is 22.6 Å². The van der Waals surface area contributed by atoms with Gasteiger partial charge in [-0.15, -0.1) is 0 Å². The lowest BCUT2D eigenvalue weighted by Gasteiger charge is -1.97. The van der Waals surface area contributed by atoms with E-state index in [1.165, 1.54) is 0 Å². The molecule has 0 aromatic carbocycles. The topological polar surface area (TPSA) is 12.0 Å². The van der Waals surface area contributed by atoms with Gasteiger partial charge in [-0.25, -0.2) is 0 Å². The Morgan fingerprint density at radius 3 is 2.00 bits per heavy atom. The summed E-state index contributed by atoms with van der Waals surface area (Å²) in [6.45, 7) is 9.12. The molecule has 1 nitrogen and oxygen atoms in total. The molecule has 0 aliphatic carbocycles. The molecule has 0 unspecified atom stereocenters. The van der Waals surface area contributed by atoms with E-state index in [0.717, 1.165) is 9.40 Å². The highest BCUT2D eigenvalue weighted by molar-refractivity contribution is 14.1. The van der Waals surface area contributed by atoms with Crippen LogP contribution in [0.25, 0.3) is 0 Å². The predicted molar refractivity (Wildman–Crippen MR) is 41.1 cm³/mol. The molecule has 0 saturated heterocycles. The molecular formula is C5H8IN. The molecule has 7 heavy (non-hydrogen) atoms. The molecule has 0 saturated carbocycles. The number of allylic oxidation sites excluding steroid dienone is 1. The number of hydrogen-bond acceptors (Lipinski definition) is 1. The number of rotatable bonds is 2. The summed E-state index contributed by atoms with van der Waals surface area (Å²) < 4.78 is 0.908. The first-order chi connectivity index (χ1) is 3.13. The molecule has 2 heteroatoms. The molecule has 0 aromatic heterocycles. The Morgan fingerprint density at radius 2 is 2.00 bits per heavy atom. The van der Waals surface area contributed by atoms with Crippen molar-refractivity contribution in [3.8, 4) is 0 Å². The normalized spacial score (nSPS) is 7.71. The molecule has 0 aromatic rings. The lowest BCUT2D eigenvalue weighted by Crippen LogP contribution is -2.01. The van der Waals surface area contributed by atoms with Gasteiger partial charge in [0.15, 0.2) is 0 Å². The molecule has 0 fully saturated rings. The molecule has 0 spiro atoms. The first kappa shape index (κ1) is 7.01. The second-order valence-electron chi connectivity index (χ2n) is 1.31. The minimum Gasteiger partial charge on any atom is -0.355 e. The molecule has 1 N–H and O–H groups in total. The van der Waals surface area contributed by atoms with Gasteiger partial charge in [0.25, 0.3) is 0 Å². The Labute approximate surface area is 57.6 Å². The molecule has 0 rings (SSSR count). The van der Waals surface area contributed by atoms with Crippen molar-refractivity contribution >= 4 is 22.6 Å². The summed E-state index contributed by atoms with van der Waals surface area (Å²) in [6, 6.07) is 0. The van der Waals surface area contributed by atoms with Crippen LogP contribution in [0.5, 0.6) is 0 Å². The van der Waals surface area contributed by atoms with Crippen molar-refractivity contribution < 1.29 is 0 Å². The number of hydrogen-bond donors (Lipinski definition) is 1. The maximum absolute atomic E-state index is 3.62. The summed E-state index contributed by atoms with van der Waals surface area (Å²) in [4.78, 5) is 0. The standard InChI is InChI=1S/C5H8IN/c1-4(2)7-5(3)6/h7H,1,3H2,2H3. The quantitative estimate of drug-likeness (QED) is 0.541. The molecule has 0 atom stereocenters. The lowest BCUT2D eigenvalue weighted by molar-refractivity contribution is 1.07. The molecule has 0 amide bonds. The van der Waals surface area contributed by atoms with Crippen LogP contribution in [0.4, 0.5) is 0 Å². The summed E-state index contributed by atoms with van der Waals surface area (Å²) >= 11 is 2.09. The third kappa shape index (κ3) is 6.01. The van der Waals surface area contributed by atoms with Crippen LogP contribution < -0.4 is 5.32 Å². The van der Waals surface area contributed by atoms with Crippen LogP contribution in [-0.2, 0) is 0 Å². The summed E-state index contributed by atoms with van der Waals surface area (Å²) in [6.07, 6.45) is 0. The largest absolute Gasteiger partial charge is 0.355 e. The average molecular weight is 209 g/mol. The molecule has 0 radical (unpaired) electrons. The number of nitrogens with one attached hydrogen (secondary N) is 1. The van der Waals surface area contributed by atoms with Crippen molar-refractivity contribution in [2.75, 3.05) is 0 Å². The van der Waals surface area contributed by atoms with Gasteiger partial charge in [0.05, 0.1) is 3.70 Å². The van der Waals surface area contributed by atoms with Gasteiger partial charge in [-0.2, -0.15) is 0 Å². The number of halogens is 1. The molecule has 0 aliphatic heterocycles. The van der Waals surface area contributed by atoms with Crippen LogP contribution in [0.2, 0.25) is 0 Å². The van der Waals surface area contributed by atoms with Crippen LogP contribution in [0.1, 0.15) is 6.92 Å². The van der Waals surface area contributed by atoms with Crippen LogP contribution in [0, 0.1) is 0 Å². The zero-order valence-corrected chi connectivity index (χ0v) is 6.45. The zero-order valence-electron chi connectivity index (χ0n) is 4.29. The smallest absolute Gasteiger partial charge is 0.0700 e. The Bertz CT molecular complexity index is 84.3. The molecular weight excluding hydrogens is 201 g/mol. The van der Waals surface area contributed by atoms with Crippen molar-refractivity contribution in [1.82, 2.24) is 5.32 Å². The third-order valence-electron chi connectivity index (χ3n) is 0.349. The van der Waals surface area contributed by atoms with Crippen LogP contribution in [0.3, 0.4) is 0 Å². The monoisotopic (exact) mass is 209 g/mol. The van der Waals surface area contributed by atoms with E-state index in [9.17, 15) is 0 Å². The fourth-order valence-corrected chi connectivity index (χ4v) is 0.692. The van der Waals surface area contributed by atoms with Gasteiger partial charge in [-0.05, 0) is 29.5 Å². The lowest BCUT2D eigenvalue weighted by atomic mass is 10.6. The highest BCUT2D eigenvalue weighted by Crippen LogP contribution is 1.97. The highest BCUT2D eigenvalue weighted by atomic mass is 127. The van der Waals surface area contributed by atoms with E-state index in [2.05, 4.69) is 41.1 Å². The minimum absolute atomic E-state index is 0.908. The van der Waals surface area contributed by atoms with Crippen molar-refractivity contribution in [2.24, 2.45) is 0 Å². The van der Waals surface area contributed by atoms with Crippen LogP contribution in [-0.4, -0.2) is 0 Å². The summed E-state index contributed by atoms with van der Waals surface area (Å²) in [7, 11) is 0. The predicted octanol–water partition coefficient (Wildman–Crippen LogP) is 2.02. The van der Waals surface area contributed by atoms with E-state index < -0.39 is 0 Å². The van der Waals surface area contributed by atoms with Crippen molar-refractivity contribution in [3.05, 3.63) is 22.6 Å². The van der Waals surface area contributed by atoms with E-state index in [1.54, 1.807) is 0 Å². The van der Waals surface area contributed by atoms with E-state index in [4.69, 9.17) is 0 Å². The van der Waals surface area contributed by atoms with Gasteiger partial charge in [-0.3, -0.25) is 0 Å². The summed E-state index contributed by atoms with van der Waals surface area (Å²) in [5, 5.41) is 2.90. The van der Waals surface area contributed by atoms with Crippen molar-refractivity contribution in [3.63, 3.8) is 0 Å². The second-order valence-corrected chi connectivity index (χ2v) is 2.61. The van der Waals surface area contributed by atoms with Crippen LogP contribution in [0.15, 0.2) is 22.6 Å². The molecule has 0 bridgehead atoms. The van der Waals surface area contributed by atoms with Gasteiger partial charge in [-0.1, -0.05) is 13.2 Å². The van der Waals surface area contributed by atoms with E-state index in [-0.39, 0.29) is 0 Å². The zero-order chi connectivity index (χ0) is 5.86. The summed E-state index contributed by atoms with van der Waals surface area (Å²) in [5.74, 6) is 0. The second kappa shape index (κ2) is 3.07. The Kier molecular flexibility index (Phi) is 3.07. The third-order valence-corrected chi connectivity index (χ3v) is 0.619. The van der Waals surface area contributed by atoms with Gasteiger partial charge in [0.2, 0.25) is 0 Å². The van der Waals surface area contributed by atoms with Gasteiger partial charge in [0.1, 0.15) is 0 Å². The Hall–Kier alpha value is 0.01000. The minimum atomic E-state index is 0.908.